The van der Waals surface area contributed by atoms with Crippen LogP contribution in [0, 0.1) is 0 Å². The highest BCUT2D eigenvalue weighted by Crippen LogP contribution is 2.29. The minimum absolute atomic E-state index is 0.0700. The lowest BCUT2D eigenvalue weighted by Crippen LogP contribution is -2.31. The Bertz CT molecular complexity index is 727. The molecule has 1 aliphatic rings. The predicted octanol–water partition coefficient (Wildman–Crippen LogP) is 3.79. The van der Waals surface area contributed by atoms with Gasteiger partial charge in [0.15, 0.2) is 5.82 Å². The first-order valence-electron chi connectivity index (χ1n) is 9.32. The fraction of sp³-hybridized carbons (Fsp3) is 0.450. The van der Waals surface area contributed by atoms with E-state index in [1.807, 2.05) is 13.8 Å². The second kappa shape index (κ2) is 8.65. The zero-order valence-corrected chi connectivity index (χ0v) is 15.4. The lowest BCUT2D eigenvalue weighted by Gasteiger charge is -2.28. The standard InChI is InChI=1S/C20H26N4O2/c1-3-15(2)23-19(25)16-7-9-17(10-8-16)26-20-18(21-11-12-22-20)24-13-5-4-6-14-24/h7-12,15H,3-6,13-14H2,1-2H3,(H,23,25)/t15-/m0/s1. The number of nitrogens with zero attached hydrogens (tertiary/aromatic N) is 3. The number of aromatic nitrogens is 2. The van der Waals surface area contributed by atoms with E-state index in [9.17, 15) is 4.79 Å². The zero-order chi connectivity index (χ0) is 18.4. The maximum absolute atomic E-state index is 12.2. The van der Waals surface area contributed by atoms with Crippen molar-refractivity contribution in [1.82, 2.24) is 15.3 Å². The second-order valence-corrected chi connectivity index (χ2v) is 6.64. The molecule has 0 unspecified atom stereocenters. The number of rotatable bonds is 6. The summed E-state index contributed by atoms with van der Waals surface area (Å²) in [4.78, 5) is 23.2. The van der Waals surface area contributed by atoms with Gasteiger partial charge in [-0.15, -0.1) is 0 Å². The molecule has 2 heterocycles. The first-order valence-corrected chi connectivity index (χ1v) is 9.32. The van der Waals surface area contributed by atoms with E-state index in [0.29, 0.717) is 17.2 Å². The minimum atomic E-state index is -0.0700. The summed E-state index contributed by atoms with van der Waals surface area (Å²) in [5.41, 5.74) is 0.619. The summed E-state index contributed by atoms with van der Waals surface area (Å²) in [6, 6.07) is 7.28. The van der Waals surface area contributed by atoms with Crippen molar-refractivity contribution >= 4 is 11.7 Å². The van der Waals surface area contributed by atoms with Crippen LogP contribution in [0.5, 0.6) is 11.6 Å². The molecule has 3 rings (SSSR count). The summed E-state index contributed by atoms with van der Waals surface area (Å²) in [5.74, 6) is 1.86. The van der Waals surface area contributed by atoms with Gasteiger partial charge in [0, 0.05) is 37.1 Å². The number of anilines is 1. The monoisotopic (exact) mass is 354 g/mol. The van der Waals surface area contributed by atoms with E-state index < -0.39 is 0 Å². The highest BCUT2D eigenvalue weighted by Gasteiger charge is 2.18. The number of benzene rings is 1. The molecule has 1 saturated heterocycles. The van der Waals surface area contributed by atoms with E-state index in [1.54, 1.807) is 36.7 Å². The second-order valence-electron chi connectivity index (χ2n) is 6.64. The van der Waals surface area contributed by atoms with E-state index >= 15 is 0 Å². The number of carbonyl (C=O) groups is 1. The van der Waals surface area contributed by atoms with E-state index in [4.69, 9.17) is 4.74 Å². The maximum Gasteiger partial charge on any atom is 0.263 e. The van der Waals surface area contributed by atoms with Crippen molar-refractivity contribution in [2.75, 3.05) is 18.0 Å². The Hall–Kier alpha value is -2.63. The number of carbonyl (C=O) groups excluding carboxylic acids is 1. The predicted molar refractivity (Wildman–Crippen MR) is 102 cm³/mol. The average molecular weight is 354 g/mol. The van der Waals surface area contributed by atoms with Gasteiger partial charge in [0.2, 0.25) is 0 Å². The zero-order valence-electron chi connectivity index (χ0n) is 15.4. The Labute approximate surface area is 154 Å². The molecule has 1 amide bonds. The average Bonchev–Trinajstić information content (AvgIpc) is 2.69. The van der Waals surface area contributed by atoms with Crippen LogP contribution in [-0.2, 0) is 0 Å². The van der Waals surface area contributed by atoms with E-state index in [-0.39, 0.29) is 11.9 Å². The molecule has 1 N–H and O–H groups in total. The minimum Gasteiger partial charge on any atom is -0.436 e. The van der Waals surface area contributed by atoms with Crippen LogP contribution >= 0.6 is 0 Å². The molecule has 1 atom stereocenters. The Kier molecular flexibility index (Phi) is 6.04. The molecule has 0 spiro atoms. The van der Waals surface area contributed by atoms with Gasteiger partial charge in [0.05, 0.1) is 0 Å². The first kappa shape index (κ1) is 18.2. The molecule has 1 aromatic carbocycles. The summed E-state index contributed by atoms with van der Waals surface area (Å²) in [5, 5.41) is 2.96. The van der Waals surface area contributed by atoms with Crippen molar-refractivity contribution in [3.8, 4) is 11.6 Å². The van der Waals surface area contributed by atoms with Gasteiger partial charge in [-0.05, 0) is 56.9 Å². The van der Waals surface area contributed by atoms with Crippen molar-refractivity contribution in [3.63, 3.8) is 0 Å². The normalized spacial score (nSPS) is 15.4. The van der Waals surface area contributed by atoms with Gasteiger partial charge in [-0.25, -0.2) is 9.97 Å². The van der Waals surface area contributed by atoms with Gasteiger partial charge < -0.3 is 15.0 Å². The van der Waals surface area contributed by atoms with Crippen LogP contribution < -0.4 is 15.0 Å². The molecule has 6 heteroatoms. The van der Waals surface area contributed by atoms with Crippen molar-refractivity contribution in [1.29, 1.82) is 0 Å². The number of amides is 1. The molecule has 26 heavy (non-hydrogen) atoms. The lowest BCUT2D eigenvalue weighted by atomic mass is 10.1. The third-order valence-corrected chi connectivity index (χ3v) is 4.62. The number of nitrogens with one attached hydrogen (secondary N) is 1. The molecule has 1 fully saturated rings. The number of hydrogen-bond donors (Lipinski definition) is 1. The summed E-state index contributed by atoms with van der Waals surface area (Å²) in [6.07, 6.45) is 7.81. The van der Waals surface area contributed by atoms with Gasteiger partial charge in [-0.3, -0.25) is 4.79 Å². The SMILES string of the molecule is CC[C@H](C)NC(=O)c1ccc(Oc2nccnc2N2CCCCC2)cc1. The molecule has 0 aliphatic carbocycles. The third kappa shape index (κ3) is 4.50. The molecule has 0 radical (unpaired) electrons. The van der Waals surface area contributed by atoms with Crippen LogP contribution in [-0.4, -0.2) is 35.0 Å². The molecular weight excluding hydrogens is 328 g/mol. The molecular formula is C20H26N4O2. The molecule has 6 nitrogen and oxygen atoms in total. The van der Waals surface area contributed by atoms with Gasteiger partial charge in [-0.1, -0.05) is 6.92 Å². The highest BCUT2D eigenvalue weighted by molar-refractivity contribution is 5.94. The number of hydrogen-bond acceptors (Lipinski definition) is 5. The smallest absolute Gasteiger partial charge is 0.263 e. The van der Waals surface area contributed by atoms with Crippen molar-refractivity contribution in [2.24, 2.45) is 0 Å². The van der Waals surface area contributed by atoms with Crippen LogP contribution in [0.3, 0.4) is 0 Å². The Balaban J connectivity index is 1.70. The molecule has 1 aromatic heterocycles. The van der Waals surface area contributed by atoms with Crippen molar-refractivity contribution < 1.29 is 9.53 Å². The Morgan fingerprint density at radius 3 is 2.54 bits per heavy atom. The Morgan fingerprint density at radius 1 is 1.15 bits per heavy atom. The van der Waals surface area contributed by atoms with Gasteiger partial charge in [-0.2, -0.15) is 0 Å². The maximum atomic E-state index is 12.2. The fourth-order valence-electron chi connectivity index (χ4n) is 2.91. The van der Waals surface area contributed by atoms with Crippen molar-refractivity contribution in [3.05, 3.63) is 42.2 Å². The van der Waals surface area contributed by atoms with Gasteiger partial charge in [0.25, 0.3) is 11.8 Å². The van der Waals surface area contributed by atoms with E-state index in [1.165, 1.54) is 6.42 Å². The summed E-state index contributed by atoms with van der Waals surface area (Å²) < 4.78 is 5.95. The van der Waals surface area contributed by atoms with Crippen molar-refractivity contribution in [2.45, 2.75) is 45.6 Å². The van der Waals surface area contributed by atoms with Crippen LogP contribution in [0.15, 0.2) is 36.7 Å². The first-order chi connectivity index (χ1) is 12.7. The van der Waals surface area contributed by atoms with Crippen LogP contribution in [0.2, 0.25) is 0 Å². The quantitative estimate of drug-likeness (QED) is 0.855. The molecule has 0 saturated carbocycles. The summed E-state index contributed by atoms with van der Waals surface area (Å²) in [7, 11) is 0. The topological polar surface area (TPSA) is 67.3 Å². The number of piperidine rings is 1. The third-order valence-electron chi connectivity index (χ3n) is 4.62. The van der Waals surface area contributed by atoms with Gasteiger partial charge in [0.1, 0.15) is 5.75 Å². The van der Waals surface area contributed by atoms with E-state index in [0.717, 1.165) is 38.2 Å². The summed E-state index contributed by atoms with van der Waals surface area (Å²) in [6.45, 7) is 5.99. The van der Waals surface area contributed by atoms with Crippen LogP contribution in [0.25, 0.3) is 0 Å². The Morgan fingerprint density at radius 2 is 1.85 bits per heavy atom. The molecule has 1 aliphatic heterocycles. The highest BCUT2D eigenvalue weighted by atomic mass is 16.5. The summed E-state index contributed by atoms with van der Waals surface area (Å²) >= 11 is 0. The van der Waals surface area contributed by atoms with E-state index in [2.05, 4.69) is 20.2 Å². The lowest BCUT2D eigenvalue weighted by molar-refractivity contribution is 0.0939. The molecule has 2 aromatic rings. The molecule has 138 valence electrons. The molecule has 0 bridgehead atoms. The van der Waals surface area contributed by atoms with Crippen LogP contribution in [0.4, 0.5) is 5.82 Å². The van der Waals surface area contributed by atoms with Crippen LogP contribution in [0.1, 0.15) is 49.9 Å². The number of ether oxygens (including phenoxy) is 1. The van der Waals surface area contributed by atoms with Gasteiger partial charge >= 0.3 is 0 Å². The largest absolute Gasteiger partial charge is 0.436 e. The fourth-order valence-corrected chi connectivity index (χ4v) is 2.91.